The first-order valence-corrected chi connectivity index (χ1v) is 4.61. The molecule has 0 saturated carbocycles. The van der Waals surface area contributed by atoms with Gasteiger partial charge in [0.25, 0.3) is 0 Å². The molecule has 0 amide bonds. The lowest BCUT2D eigenvalue weighted by Crippen LogP contribution is -1.88. The van der Waals surface area contributed by atoms with Gasteiger partial charge in [-0.2, -0.15) is 0 Å². The van der Waals surface area contributed by atoms with Crippen LogP contribution in [0.15, 0.2) is 18.0 Å². The molecule has 0 fully saturated rings. The maximum Gasteiger partial charge on any atom is 0.155 e. The minimum Gasteiger partial charge on any atom is -0.237 e. The molecular formula is C9H10F2S. The second-order valence-electron chi connectivity index (χ2n) is 2.43. The average molecular weight is 188 g/mol. The second kappa shape index (κ2) is 3.81. The summed E-state index contributed by atoms with van der Waals surface area (Å²) < 4.78 is 26.1. The smallest absolute Gasteiger partial charge is 0.155 e. The van der Waals surface area contributed by atoms with Crippen LogP contribution in [-0.2, 0) is 6.42 Å². The monoisotopic (exact) mass is 188 g/mol. The summed E-state index contributed by atoms with van der Waals surface area (Å²) in [6.07, 6.45) is 0.343. The Bertz CT molecular complexity index is 278. The van der Waals surface area contributed by atoms with Crippen LogP contribution in [0, 0.1) is 5.82 Å². The first kappa shape index (κ1) is 9.39. The maximum absolute atomic E-state index is 13.2. The molecule has 0 spiro atoms. The van der Waals surface area contributed by atoms with E-state index in [4.69, 9.17) is 0 Å². The molecule has 12 heavy (non-hydrogen) atoms. The lowest BCUT2D eigenvalue weighted by molar-refractivity contribution is 0.406. The number of rotatable bonds is 3. The van der Waals surface area contributed by atoms with Gasteiger partial charge in [0, 0.05) is 0 Å². The van der Waals surface area contributed by atoms with E-state index in [1.165, 1.54) is 0 Å². The normalized spacial score (nSPS) is 12.9. The average Bonchev–Trinajstić information content (AvgIpc) is 2.45. The van der Waals surface area contributed by atoms with Crippen molar-refractivity contribution in [3.05, 3.63) is 34.3 Å². The van der Waals surface area contributed by atoms with E-state index in [-0.39, 0.29) is 4.88 Å². The molecule has 1 unspecified atom stereocenters. The van der Waals surface area contributed by atoms with Gasteiger partial charge in [-0.15, -0.1) is 11.3 Å². The van der Waals surface area contributed by atoms with Crippen molar-refractivity contribution in [2.24, 2.45) is 0 Å². The van der Waals surface area contributed by atoms with Gasteiger partial charge in [0.15, 0.2) is 6.17 Å². The molecule has 0 aliphatic carbocycles. The molecule has 1 atom stereocenters. The summed E-state index contributed by atoms with van der Waals surface area (Å²) in [7, 11) is 0. The topological polar surface area (TPSA) is 0 Å². The van der Waals surface area contributed by atoms with Crippen molar-refractivity contribution in [1.82, 2.24) is 0 Å². The zero-order chi connectivity index (χ0) is 9.14. The fourth-order valence-corrected chi connectivity index (χ4v) is 1.93. The molecule has 0 aliphatic heterocycles. The zero-order valence-electron chi connectivity index (χ0n) is 6.81. The Balaban J connectivity index is 3.01. The third-order valence-corrected chi connectivity index (χ3v) is 2.73. The van der Waals surface area contributed by atoms with E-state index in [0.29, 0.717) is 12.0 Å². The van der Waals surface area contributed by atoms with Gasteiger partial charge in [0.05, 0.1) is 4.88 Å². The summed E-state index contributed by atoms with van der Waals surface area (Å²) in [5.41, 5.74) is 0.583. The predicted octanol–water partition coefficient (Wildman–Crippen LogP) is 3.65. The molecule has 0 aliphatic rings. The van der Waals surface area contributed by atoms with Crippen LogP contribution < -0.4 is 0 Å². The molecule has 1 heterocycles. The van der Waals surface area contributed by atoms with Crippen LogP contribution in [0.1, 0.15) is 23.5 Å². The maximum atomic E-state index is 13.2. The van der Waals surface area contributed by atoms with Crippen molar-refractivity contribution in [2.75, 3.05) is 0 Å². The van der Waals surface area contributed by atoms with Crippen molar-refractivity contribution in [2.45, 2.75) is 19.5 Å². The summed E-state index contributed by atoms with van der Waals surface area (Å²) in [6.45, 7) is 5.12. The number of hydrogen-bond donors (Lipinski definition) is 0. The van der Waals surface area contributed by atoms with Crippen LogP contribution in [0.25, 0.3) is 0 Å². The number of halogens is 2. The van der Waals surface area contributed by atoms with E-state index < -0.39 is 12.0 Å². The summed E-state index contributed by atoms with van der Waals surface area (Å²) in [6, 6.07) is 0. The largest absolute Gasteiger partial charge is 0.237 e. The van der Waals surface area contributed by atoms with Gasteiger partial charge >= 0.3 is 0 Å². The fraction of sp³-hybridized carbons (Fsp3) is 0.333. The van der Waals surface area contributed by atoms with E-state index in [0.717, 1.165) is 17.4 Å². The van der Waals surface area contributed by atoms with Crippen molar-refractivity contribution in [3.8, 4) is 0 Å². The van der Waals surface area contributed by atoms with Gasteiger partial charge in [-0.1, -0.05) is 19.6 Å². The van der Waals surface area contributed by atoms with Crippen LogP contribution in [-0.4, -0.2) is 0 Å². The molecule has 0 bridgehead atoms. The highest BCUT2D eigenvalue weighted by atomic mass is 32.1. The van der Waals surface area contributed by atoms with E-state index in [1.54, 1.807) is 5.38 Å². The van der Waals surface area contributed by atoms with E-state index >= 15 is 0 Å². The van der Waals surface area contributed by atoms with Gasteiger partial charge in [-0.05, 0) is 17.4 Å². The molecule has 1 rings (SSSR count). The molecule has 0 aromatic carbocycles. The number of aryl methyl sites for hydroxylation is 1. The predicted molar refractivity (Wildman–Crippen MR) is 47.7 cm³/mol. The van der Waals surface area contributed by atoms with Crippen molar-refractivity contribution < 1.29 is 8.78 Å². The van der Waals surface area contributed by atoms with E-state index in [9.17, 15) is 8.78 Å². The highest BCUT2D eigenvalue weighted by Crippen LogP contribution is 2.30. The number of allylic oxidation sites excluding steroid dienone is 1. The van der Waals surface area contributed by atoms with Gasteiger partial charge in [-0.3, -0.25) is 0 Å². The number of alkyl halides is 1. The molecule has 0 saturated heterocycles. The number of thiophene rings is 1. The van der Waals surface area contributed by atoms with Crippen LogP contribution >= 0.6 is 11.3 Å². The Hall–Kier alpha value is -0.700. The molecule has 0 N–H and O–H groups in total. The lowest BCUT2D eigenvalue weighted by atomic mass is 10.2. The number of hydrogen-bond acceptors (Lipinski definition) is 1. The molecule has 66 valence electrons. The molecule has 3 heteroatoms. The minimum atomic E-state index is -1.37. The first-order chi connectivity index (χ1) is 5.70. The molecule has 0 radical (unpaired) electrons. The quantitative estimate of drug-likeness (QED) is 0.635. The Morgan fingerprint density at radius 2 is 2.42 bits per heavy atom. The van der Waals surface area contributed by atoms with Crippen molar-refractivity contribution in [1.29, 1.82) is 0 Å². The molecule has 1 aromatic rings. The fourth-order valence-electron chi connectivity index (χ4n) is 0.928. The van der Waals surface area contributed by atoms with Gasteiger partial charge in [0.2, 0.25) is 0 Å². The van der Waals surface area contributed by atoms with Crippen LogP contribution in [0.2, 0.25) is 0 Å². The Labute approximate surface area is 74.5 Å². The minimum absolute atomic E-state index is 0.141. The standard InChI is InChI=1S/C9H10F2S/c1-3-6-5-12-9(8(6)11)7(10)4-2/h4-5,7H,2-3H2,1H3. The highest BCUT2D eigenvalue weighted by Gasteiger charge is 2.16. The van der Waals surface area contributed by atoms with Gasteiger partial charge < -0.3 is 0 Å². The first-order valence-electron chi connectivity index (χ1n) is 3.73. The lowest BCUT2D eigenvalue weighted by Gasteiger charge is -1.98. The zero-order valence-corrected chi connectivity index (χ0v) is 7.63. The Morgan fingerprint density at radius 3 is 2.83 bits per heavy atom. The van der Waals surface area contributed by atoms with E-state index in [2.05, 4.69) is 6.58 Å². The van der Waals surface area contributed by atoms with Crippen molar-refractivity contribution >= 4 is 11.3 Å². The van der Waals surface area contributed by atoms with E-state index in [1.807, 2.05) is 6.92 Å². The third kappa shape index (κ3) is 1.55. The Kier molecular flexibility index (Phi) is 2.98. The van der Waals surface area contributed by atoms with Crippen molar-refractivity contribution in [3.63, 3.8) is 0 Å². The molecule has 0 nitrogen and oxygen atoms in total. The van der Waals surface area contributed by atoms with Crippen LogP contribution in [0.3, 0.4) is 0 Å². The SMILES string of the molecule is C=CC(F)c1scc(CC)c1F. The summed E-state index contributed by atoms with van der Waals surface area (Å²) in [5.74, 6) is -0.408. The van der Waals surface area contributed by atoms with Crippen LogP contribution in [0.5, 0.6) is 0 Å². The molecular weight excluding hydrogens is 178 g/mol. The third-order valence-electron chi connectivity index (χ3n) is 1.66. The van der Waals surface area contributed by atoms with Gasteiger partial charge in [0.1, 0.15) is 5.82 Å². The summed E-state index contributed by atoms with van der Waals surface area (Å²) in [5, 5.41) is 1.65. The second-order valence-corrected chi connectivity index (χ2v) is 3.34. The summed E-state index contributed by atoms with van der Waals surface area (Å²) in [4.78, 5) is 0.141. The summed E-state index contributed by atoms with van der Waals surface area (Å²) >= 11 is 1.11. The highest BCUT2D eigenvalue weighted by molar-refractivity contribution is 7.10. The van der Waals surface area contributed by atoms with Crippen LogP contribution in [0.4, 0.5) is 8.78 Å². The Morgan fingerprint density at radius 1 is 1.75 bits per heavy atom. The van der Waals surface area contributed by atoms with Gasteiger partial charge in [-0.25, -0.2) is 8.78 Å². The molecule has 1 aromatic heterocycles.